The first-order valence-electron chi connectivity index (χ1n) is 5.05. The molecule has 0 spiro atoms. The second-order valence-corrected chi connectivity index (χ2v) is 4.27. The van der Waals surface area contributed by atoms with Crippen LogP contribution in [0.3, 0.4) is 0 Å². The van der Waals surface area contributed by atoms with E-state index in [2.05, 4.69) is 21.0 Å². The normalized spacial score (nSPS) is 10.4. The van der Waals surface area contributed by atoms with Crippen molar-refractivity contribution in [2.45, 2.75) is 0 Å². The molecule has 0 saturated carbocycles. The third kappa shape index (κ3) is 1.97. The molecular formula is C11H10BrN3O3. The highest BCUT2D eigenvalue weighted by Crippen LogP contribution is 2.19. The zero-order chi connectivity index (χ0) is 13.3. The zero-order valence-electron chi connectivity index (χ0n) is 9.75. The van der Waals surface area contributed by atoms with E-state index in [1.54, 1.807) is 24.3 Å². The summed E-state index contributed by atoms with van der Waals surface area (Å²) in [5.41, 5.74) is -0.542. The summed E-state index contributed by atoms with van der Waals surface area (Å²) in [6, 6.07) is 6.93. The molecule has 0 atom stereocenters. The highest BCUT2D eigenvalue weighted by molar-refractivity contribution is 9.10. The van der Waals surface area contributed by atoms with Crippen molar-refractivity contribution < 1.29 is 4.74 Å². The van der Waals surface area contributed by atoms with E-state index in [0.717, 1.165) is 9.25 Å². The lowest BCUT2D eigenvalue weighted by Crippen LogP contribution is -2.39. The standard InChI is InChI=1S/C11H10BrN3O3/c1-14-10(16)9(12)13-15(11(14)17)7-5-3-4-6-8(7)18-2/h3-6H,1-2H3. The fraction of sp³-hybridized carbons (Fsp3) is 0.182. The van der Waals surface area contributed by atoms with E-state index < -0.39 is 11.2 Å². The quantitative estimate of drug-likeness (QED) is 0.819. The van der Waals surface area contributed by atoms with Gasteiger partial charge in [-0.1, -0.05) is 12.1 Å². The maximum Gasteiger partial charge on any atom is 0.352 e. The fourth-order valence-corrected chi connectivity index (χ4v) is 1.93. The Morgan fingerprint density at radius 3 is 2.61 bits per heavy atom. The summed E-state index contributed by atoms with van der Waals surface area (Å²) in [7, 11) is 2.89. The van der Waals surface area contributed by atoms with E-state index in [9.17, 15) is 9.59 Å². The van der Waals surface area contributed by atoms with Crippen LogP contribution in [0.5, 0.6) is 5.75 Å². The third-order valence-corrected chi connectivity index (χ3v) is 2.95. The largest absolute Gasteiger partial charge is 0.494 e. The molecular weight excluding hydrogens is 302 g/mol. The summed E-state index contributed by atoms with van der Waals surface area (Å²) in [5.74, 6) is 0.498. The predicted molar refractivity (Wildman–Crippen MR) is 69.3 cm³/mol. The van der Waals surface area contributed by atoms with Crippen molar-refractivity contribution in [1.82, 2.24) is 14.3 Å². The Kier molecular flexibility index (Phi) is 3.33. The number of hydrogen-bond acceptors (Lipinski definition) is 4. The molecule has 0 radical (unpaired) electrons. The fourth-order valence-electron chi connectivity index (χ4n) is 1.50. The molecule has 1 heterocycles. The van der Waals surface area contributed by atoms with E-state index in [4.69, 9.17) is 4.74 Å². The molecule has 2 rings (SSSR count). The molecule has 0 bridgehead atoms. The van der Waals surface area contributed by atoms with Crippen molar-refractivity contribution >= 4 is 15.9 Å². The number of ether oxygens (including phenoxy) is 1. The van der Waals surface area contributed by atoms with Crippen LogP contribution in [0.1, 0.15) is 0 Å². The van der Waals surface area contributed by atoms with Crippen molar-refractivity contribution in [2.24, 2.45) is 7.05 Å². The Balaban J connectivity index is 2.80. The Bertz CT molecular complexity index is 705. The smallest absolute Gasteiger partial charge is 0.352 e. The van der Waals surface area contributed by atoms with Crippen LogP contribution in [0.2, 0.25) is 0 Å². The van der Waals surface area contributed by atoms with Gasteiger partial charge in [0.15, 0.2) is 4.60 Å². The van der Waals surface area contributed by atoms with Crippen molar-refractivity contribution in [3.05, 3.63) is 49.7 Å². The van der Waals surface area contributed by atoms with Crippen molar-refractivity contribution in [2.75, 3.05) is 7.11 Å². The number of halogens is 1. The van der Waals surface area contributed by atoms with Crippen LogP contribution in [0.25, 0.3) is 5.69 Å². The minimum Gasteiger partial charge on any atom is -0.494 e. The average molecular weight is 312 g/mol. The summed E-state index contributed by atoms with van der Waals surface area (Å²) in [4.78, 5) is 23.5. The Labute approximate surface area is 111 Å². The zero-order valence-corrected chi connectivity index (χ0v) is 11.3. The molecule has 0 aliphatic carbocycles. The van der Waals surface area contributed by atoms with Crippen LogP contribution in [0.15, 0.2) is 38.5 Å². The number of benzene rings is 1. The van der Waals surface area contributed by atoms with E-state index in [1.807, 2.05) is 0 Å². The molecule has 1 aromatic heterocycles. The average Bonchev–Trinajstić information content (AvgIpc) is 2.40. The van der Waals surface area contributed by atoms with Gasteiger partial charge in [-0.05, 0) is 28.1 Å². The highest BCUT2D eigenvalue weighted by atomic mass is 79.9. The van der Waals surface area contributed by atoms with Gasteiger partial charge in [0.05, 0.1) is 7.11 Å². The van der Waals surface area contributed by atoms with Crippen LogP contribution in [0, 0.1) is 0 Å². The third-order valence-electron chi connectivity index (χ3n) is 2.45. The molecule has 2 aromatic rings. The number of rotatable bonds is 2. The van der Waals surface area contributed by atoms with Gasteiger partial charge < -0.3 is 4.74 Å². The molecule has 0 aliphatic heterocycles. The summed E-state index contributed by atoms with van der Waals surface area (Å²) >= 11 is 3.03. The topological polar surface area (TPSA) is 66.1 Å². The summed E-state index contributed by atoms with van der Waals surface area (Å²) in [5, 5.41) is 3.92. The molecule has 0 unspecified atom stereocenters. The molecule has 0 saturated heterocycles. The molecule has 0 aliphatic rings. The molecule has 0 amide bonds. The maximum atomic E-state index is 12.0. The number of aromatic nitrogens is 3. The highest BCUT2D eigenvalue weighted by Gasteiger charge is 2.12. The summed E-state index contributed by atoms with van der Waals surface area (Å²) in [6.07, 6.45) is 0. The van der Waals surface area contributed by atoms with E-state index >= 15 is 0 Å². The minimum absolute atomic E-state index is 0.0653. The van der Waals surface area contributed by atoms with Crippen LogP contribution in [-0.4, -0.2) is 21.5 Å². The first-order chi connectivity index (χ1) is 8.56. The second-order valence-electron chi connectivity index (χ2n) is 3.52. The lowest BCUT2D eigenvalue weighted by molar-refractivity contribution is 0.410. The monoisotopic (exact) mass is 311 g/mol. The van der Waals surface area contributed by atoms with E-state index in [1.165, 1.54) is 14.2 Å². The van der Waals surface area contributed by atoms with Gasteiger partial charge >= 0.3 is 5.69 Å². The number of methoxy groups -OCH3 is 1. The van der Waals surface area contributed by atoms with Gasteiger partial charge in [-0.25, -0.2) is 4.79 Å². The van der Waals surface area contributed by atoms with Gasteiger partial charge in [0.1, 0.15) is 11.4 Å². The van der Waals surface area contributed by atoms with Crippen LogP contribution >= 0.6 is 15.9 Å². The van der Waals surface area contributed by atoms with Crippen molar-refractivity contribution in [3.63, 3.8) is 0 Å². The van der Waals surface area contributed by atoms with Crippen molar-refractivity contribution in [3.8, 4) is 11.4 Å². The molecule has 6 nitrogen and oxygen atoms in total. The van der Waals surface area contributed by atoms with E-state index in [-0.39, 0.29) is 4.60 Å². The molecule has 7 heteroatoms. The predicted octanol–water partition coefficient (Wildman–Crippen LogP) is 0.702. The maximum absolute atomic E-state index is 12.0. The Morgan fingerprint density at radius 2 is 1.94 bits per heavy atom. The number of nitrogens with zero attached hydrogens (tertiary/aromatic N) is 3. The van der Waals surface area contributed by atoms with Crippen molar-refractivity contribution in [1.29, 1.82) is 0 Å². The van der Waals surface area contributed by atoms with E-state index in [0.29, 0.717) is 11.4 Å². The first-order valence-corrected chi connectivity index (χ1v) is 5.85. The lowest BCUT2D eigenvalue weighted by atomic mass is 10.3. The molecule has 1 aromatic carbocycles. The van der Waals surface area contributed by atoms with Gasteiger partial charge in [0.25, 0.3) is 5.56 Å². The van der Waals surface area contributed by atoms with Crippen LogP contribution in [-0.2, 0) is 7.05 Å². The Hall–Kier alpha value is -1.89. The SMILES string of the molecule is COc1ccccc1-n1nc(Br)c(=O)n(C)c1=O. The summed E-state index contributed by atoms with van der Waals surface area (Å²) < 4.78 is 7.32. The molecule has 0 N–H and O–H groups in total. The number of hydrogen-bond donors (Lipinski definition) is 0. The lowest BCUT2D eigenvalue weighted by Gasteiger charge is -2.10. The summed E-state index contributed by atoms with van der Waals surface area (Å²) in [6.45, 7) is 0. The Morgan fingerprint density at radius 1 is 1.28 bits per heavy atom. The first kappa shape index (κ1) is 12.6. The minimum atomic E-state index is -0.535. The molecule has 94 valence electrons. The second kappa shape index (κ2) is 4.77. The van der Waals surface area contributed by atoms with Gasteiger partial charge in [-0.3, -0.25) is 9.36 Å². The number of para-hydroxylation sites is 2. The van der Waals surface area contributed by atoms with Gasteiger partial charge in [0.2, 0.25) is 0 Å². The van der Waals surface area contributed by atoms with Gasteiger partial charge in [-0.15, -0.1) is 0 Å². The molecule has 0 fully saturated rings. The van der Waals surface area contributed by atoms with Crippen LogP contribution in [0.4, 0.5) is 0 Å². The molecule has 18 heavy (non-hydrogen) atoms. The van der Waals surface area contributed by atoms with Gasteiger partial charge in [0, 0.05) is 7.05 Å². The van der Waals surface area contributed by atoms with Crippen LogP contribution < -0.4 is 16.0 Å². The van der Waals surface area contributed by atoms with Gasteiger partial charge in [-0.2, -0.15) is 9.78 Å².